The minimum atomic E-state index is -0.158. The molecule has 1 N–H and O–H groups in total. The summed E-state index contributed by atoms with van der Waals surface area (Å²) in [5.74, 6) is 1.48. The lowest BCUT2D eigenvalue weighted by Gasteiger charge is -2.12. The predicted molar refractivity (Wildman–Crippen MR) is 99.6 cm³/mol. The van der Waals surface area contributed by atoms with Crippen LogP contribution < -0.4 is 10.2 Å². The molecule has 1 amide bonds. The number of anilines is 2. The monoisotopic (exact) mass is 335 g/mol. The molecule has 0 saturated heterocycles. The van der Waals surface area contributed by atoms with Crippen LogP contribution in [0, 0.1) is 13.8 Å². The summed E-state index contributed by atoms with van der Waals surface area (Å²) in [6.45, 7) is 3.88. The second-order valence-electron chi connectivity index (χ2n) is 6.06. The lowest BCUT2D eigenvalue weighted by Crippen LogP contribution is -2.14. The van der Waals surface area contributed by atoms with Gasteiger partial charge in [0.1, 0.15) is 11.6 Å². The van der Waals surface area contributed by atoms with Crippen LogP contribution in [-0.4, -0.2) is 34.5 Å². The summed E-state index contributed by atoms with van der Waals surface area (Å²) in [5.41, 5.74) is 3.10. The van der Waals surface area contributed by atoms with E-state index < -0.39 is 0 Å². The maximum atomic E-state index is 12.7. The van der Waals surface area contributed by atoms with Crippen LogP contribution in [0.5, 0.6) is 0 Å². The maximum absolute atomic E-state index is 12.7. The number of pyridine rings is 2. The molecule has 0 radical (unpaired) electrons. The Kier molecular flexibility index (Phi) is 4.52. The standard InChI is InChI=1S/C19H21N5O/c1-13-11-16(14(2)24(13)18-7-5-6-10-20-18)19(25)22-15-8-9-17(21-12-15)23(3)4/h5-12H,1-4H3,(H,22,25). The molecule has 3 rings (SSSR count). The molecule has 3 aromatic heterocycles. The summed E-state index contributed by atoms with van der Waals surface area (Å²) in [6.07, 6.45) is 3.40. The Balaban J connectivity index is 1.86. The number of aryl methyl sites for hydroxylation is 1. The average molecular weight is 335 g/mol. The van der Waals surface area contributed by atoms with Crippen molar-refractivity contribution >= 4 is 17.4 Å². The van der Waals surface area contributed by atoms with Crippen LogP contribution in [0.3, 0.4) is 0 Å². The molecule has 25 heavy (non-hydrogen) atoms. The summed E-state index contributed by atoms with van der Waals surface area (Å²) < 4.78 is 1.97. The smallest absolute Gasteiger partial charge is 0.257 e. The number of nitrogens with one attached hydrogen (secondary N) is 1. The number of rotatable bonds is 4. The first-order valence-corrected chi connectivity index (χ1v) is 8.02. The SMILES string of the molecule is Cc1cc(C(=O)Nc2ccc(N(C)C)nc2)c(C)n1-c1ccccn1. The third-order valence-electron chi connectivity index (χ3n) is 4.02. The quantitative estimate of drug-likeness (QED) is 0.795. The third kappa shape index (κ3) is 3.38. The van der Waals surface area contributed by atoms with E-state index in [4.69, 9.17) is 0 Å². The van der Waals surface area contributed by atoms with Gasteiger partial charge >= 0.3 is 0 Å². The first kappa shape index (κ1) is 16.7. The Morgan fingerprint density at radius 2 is 1.92 bits per heavy atom. The molecule has 0 bridgehead atoms. The lowest BCUT2D eigenvalue weighted by molar-refractivity contribution is 0.102. The van der Waals surface area contributed by atoms with Crippen molar-refractivity contribution in [1.29, 1.82) is 0 Å². The number of amides is 1. The van der Waals surface area contributed by atoms with Gasteiger partial charge in [0, 0.05) is 31.7 Å². The van der Waals surface area contributed by atoms with Gasteiger partial charge in [0.2, 0.25) is 0 Å². The second-order valence-corrected chi connectivity index (χ2v) is 6.06. The van der Waals surface area contributed by atoms with Gasteiger partial charge in [0.15, 0.2) is 0 Å². The number of carbonyl (C=O) groups is 1. The van der Waals surface area contributed by atoms with Gasteiger partial charge < -0.3 is 14.8 Å². The fourth-order valence-corrected chi connectivity index (χ4v) is 2.75. The van der Waals surface area contributed by atoms with Crippen molar-refractivity contribution in [1.82, 2.24) is 14.5 Å². The van der Waals surface area contributed by atoms with Crippen molar-refractivity contribution in [2.24, 2.45) is 0 Å². The Morgan fingerprint density at radius 1 is 1.12 bits per heavy atom. The highest BCUT2D eigenvalue weighted by atomic mass is 16.1. The van der Waals surface area contributed by atoms with Crippen molar-refractivity contribution in [3.05, 3.63) is 65.7 Å². The summed E-state index contributed by atoms with van der Waals surface area (Å²) >= 11 is 0. The number of hydrogen-bond acceptors (Lipinski definition) is 4. The minimum Gasteiger partial charge on any atom is -0.363 e. The Bertz CT molecular complexity index is 882. The molecule has 0 atom stereocenters. The van der Waals surface area contributed by atoms with E-state index in [-0.39, 0.29) is 5.91 Å². The number of aromatic nitrogens is 3. The number of carbonyl (C=O) groups excluding carboxylic acids is 1. The normalized spacial score (nSPS) is 10.6. The van der Waals surface area contributed by atoms with E-state index in [9.17, 15) is 4.79 Å². The molecular weight excluding hydrogens is 314 g/mol. The number of nitrogens with zero attached hydrogens (tertiary/aromatic N) is 4. The van der Waals surface area contributed by atoms with E-state index in [0.717, 1.165) is 23.0 Å². The molecule has 3 heterocycles. The minimum absolute atomic E-state index is 0.158. The molecule has 0 saturated carbocycles. The topological polar surface area (TPSA) is 63.1 Å². The van der Waals surface area contributed by atoms with Crippen LogP contribution in [0.2, 0.25) is 0 Å². The predicted octanol–water partition coefficient (Wildman–Crippen LogP) is 3.20. The highest BCUT2D eigenvalue weighted by Crippen LogP contribution is 2.21. The largest absolute Gasteiger partial charge is 0.363 e. The molecule has 3 aromatic rings. The lowest BCUT2D eigenvalue weighted by atomic mass is 10.2. The zero-order chi connectivity index (χ0) is 18.0. The Morgan fingerprint density at radius 3 is 2.52 bits per heavy atom. The average Bonchev–Trinajstić information content (AvgIpc) is 2.90. The van der Waals surface area contributed by atoms with Gasteiger partial charge in [-0.2, -0.15) is 0 Å². The van der Waals surface area contributed by atoms with Crippen molar-refractivity contribution < 1.29 is 4.79 Å². The maximum Gasteiger partial charge on any atom is 0.257 e. The van der Waals surface area contributed by atoms with Crippen molar-refractivity contribution in [3.63, 3.8) is 0 Å². The summed E-state index contributed by atoms with van der Waals surface area (Å²) in [6, 6.07) is 11.3. The van der Waals surface area contributed by atoms with E-state index in [1.165, 1.54) is 0 Å². The number of hydrogen-bond donors (Lipinski definition) is 1. The molecule has 0 aliphatic carbocycles. The zero-order valence-corrected chi connectivity index (χ0v) is 14.8. The first-order chi connectivity index (χ1) is 12.0. The van der Waals surface area contributed by atoms with Gasteiger partial charge in [0.25, 0.3) is 5.91 Å². The summed E-state index contributed by atoms with van der Waals surface area (Å²) in [7, 11) is 3.85. The van der Waals surface area contributed by atoms with Crippen LogP contribution in [0.15, 0.2) is 48.8 Å². The van der Waals surface area contributed by atoms with E-state index in [1.807, 2.05) is 73.8 Å². The molecule has 0 fully saturated rings. The van der Waals surface area contributed by atoms with Crippen molar-refractivity contribution in [2.45, 2.75) is 13.8 Å². The fraction of sp³-hybridized carbons (Fsp3) is 0.211. The van der Waals surface area contributed by atoms with E-state index in [2.05, 4.69) is 15.3 Å². The van der Waals surface area contributed by atoms with E-state index in [1.54, 1.807) is 12.4 Å². The second kappa shape index (κ2) is 6.76. The molecule has 0 unspecified atom stereocenters. The summed E-state index contributed by atoms with van der Waals surface area (Å²) in [4.78, 5) is 23.3. The van der Waals surface area contributed by atoms with Gasteiger partial charge in [-0.15, -0.1) is 0 Å². The third-order valence-corrected chi connectivity index (χ3v) is 4.02. The van der Waals surface area contributed by atoms with Crippen molar-refractivity contribution in [2.75, 3.05) is 24.3 Å². The molecular formula is C19H21N5O. The van der Waals surface area contributed by atoms with Gasteiger partial charge in [-0.1, -0.05) is 6.07 Å². The van der Waals surface area contributed by atoms with Crippen LogP contribution in [0.25, 0.3) is 5.82 Å². The Labute approximate surface area is 147 Å². The highest BCUT2D eigenvalue weighted by molar-refractivity contribution is 6.05. The molecule has 0 aliphatic rings. The fourth-order valence-electron chi connectivity index (χ4n) is 2.75. The molecule has 0 spiro atoms. The zero-order valence-electron chi connectivity index (χ0n) is 14.8. The Hall–Kier alpha value is -3.15. The summed E-state index contributed by atoms with van der Waals surface area (Å²) in [5, 5.41) is 2.90. The van der Waals surface area contributed by atoms with Crippen molar-refractivity contribution in [3.8, 4) is 5.82 Å². The highest BCUT2D eigenvalue weighted by Gasteiger charge is 2.17. The van der Waals surface area contributed by atoms with E-state index >= 15 is 0 Å². The van der Waals surface area contributed by atoms with Crippen LogP contribution >= 0.6 is 0 Å². The van der Waals surface area contributed by atoms with Gasteiger partial charge in [-0.3, -0.25) is 4.79 Å². The molecule has 6 nitrogen and oxygen atoms in total. The molecule has 0 aliphatic heterocycles. The van der Waals surface area contributed by atoms with Crippen LogP contribution in [0.4, 0.5) is 11.5 Å². The van der Waals surface area contributed by atoms with Gasteiger partial charge in [-0.25, -0.2) is 9.97 Å². The first-order valence-electron chi connectivity index (χ1n) is 8.02. The molecule has 128 valence electrons. The van der Waals surface area contributed by atoms with Crippen LogP contribution in [-0.2, 0) is 0 Å². The van der Waals surface area contributed by atoms with Gasteiger partial charge in [0.05, 0.1) is 17.4 Å². The molecule has 6 heteroatoms. The van der Waals surface area contributed by atoms with Gasteiger partial charge in [-0.05, 0) is 44.2 Å². The van der Waals surface area contributed by atoms with E-state index in [0.29, 0.717) is 11.3 Å². The molecule has 0 aromatic carbocycles. The van der Waals surface area contributed by atoms with Crippen LogP contribution in [0.1, 0.15) is 21.7 Å².